The van der Waals surface area contributed by atoms with Crippen molar-refractivity contribution in [2.24, 2.45) is 11.8 Å². The van der Waals surface area contributed by atoms with Crippen LogP contribution in [0.15, 0.2) is 66.7 Å². The van der Waals surface area contributed by atoms with Crippen LogP contribution in [0.1, 0.15) is 81.6 Å². The maximum atomic E-state index is 13.7. The molecule has 5 aromatic rings. The van der Waals surface area contributed by atoms with Crippen molar-refractivity contribution in [3.8, 4) is 28.7 Å². The van der Waals surface area contributed by atoms with Gasteiger partial charge in [0.25, 0.3) is 5.91 Å². The lowest BCUT2D eigenvalue weighted by Gasteiger charge is -2.38. The van der Waals surface area contributed by atoms with Crippen molar-refractivity contribution in [2.75, 3.05) is 41.3 Å². The zero-order valence-electron chi connectivity index (χ0n) is 35.5. The first-order valence-corrected chi connectivity index (χ1v) is 21.1. The summed E-state index contributed by atoms with van der Waals surface area (Å²) in [6, 6.07) is 19.4. The molecule has 1 aromatic heterocycles. The van der Waals surface area contributed by atoms with E-state index in [1.165, 1.54) is 0 Å². The van der Waals surface area contributed by atoms with Crippen molar-refractivity contribution in [3.63, 3.8) is 0 Å². The van der Waals surface area contributed by atoms with Gasteiger partial charge in [0.15, 0.2) is 11.5 Å². The smallest absolute Gasteiger partial charge is 0.310 e. The van der Waals surface area contributed by atoms with Gasteiger partial charge in [-0.05, 0) is 104 Å². The Kier molecular flexibility index (Phi) is 12.4. The summed E-state index contributed by atoms with van der Waals surface area (Å²) in [5.41, 5.74) is 5.39. The molecule has 1 unspecified atom stereocenters. The second kappa shape index (κ2) is 18.1. The fraction of sp³-hybridized carbons (Fsp3) is 0.354. The highest BCUT2D eigenvalue weighted by molar-refractivity contribution is 6.30. The van der Waals surface area contributed by atoms with Gasteiger partial charge in [-0.15, -0.1) is 0 Å². The van der Waals surface area contributed by atoms with Crippen molar-refractivity contribution in [1.29, 1.82) is 0 Å². The van der Waals surface area contributed by atoms with E-state index in [-0.39, 0.29) is 63.2 Å². The predicted octanol–water partition coefficient (Wildman–Crippen LogP) is 7.36. The summed E-state index contributed by atoms with van der Waals surface area (Å²) in [7, 11) is 4.69. The Morgan fingerprint density at radius 2 is 1.52 bits per heavy atom. The molecule has 1 fully saturated rings. The summed E-state index contributed by atoms with van der Waals surface area (Å²) in [4.78, 5) is 66.9. The van der Waals surface area contributed by atoms with Gasteiger partial charge < -0.3 is 38.5 Å². The Bertz CT molecular complexity index is 2610. The average molecular weight is 879 g/mol. The van der Waals surface area contributed by atoms with Crippen molar-refractivity contribution in [2.45, 2.75) is 58.0 Å². The van der Waals surface area contributed by atoms with Gasteiger partial charge in [0, 0.05) is 70.4 Å². The molecule has 4 atom stereocenters. The Labute approximate surface area is 368 Å². The predicted molar refractivity (Wildman–Crippen MR) is 230 cm³/mol. The van der Waals surface area contributed by atoms with Gasteiger partial charge in [-0.25, -0.2) is 0 Å². The number of carbonyl (C=O) groups is 5. The van der Waals surface area contributed by atoms with Gasteiger partial charge in [0.05, 0.1) is 45.8 Å². The molecule has 15 heteroatoms. The zero-order chi connectivity index (χ0) is 44.5. The van der Waals surface area contributed by atoms with E-state index in [1.54, 1.807) is 68.4 Å². The maximum absolute atomic E-state index is 13.7. The lowest BCUT2D eigenvalue weighted by Crippen LogP contribution is -2.36. The minimum absolute atomic E-state index is 0.0202. The van der Waals surface area contributed by atoms with Crippen LogP contribution < -0.4 is 29.0 Å². The van der Waals surface area contributed by atoms with E-state index in [4.69, 9.17) is 44.8 Å². The van der Waals surface area contributed by atoms with Crippen LogP contribution in [0.25, 0.3) is 10.9 Å². The summed E-state index contributed by atoms with van der Waals surface area (Å²) in [5.74, 6) is -0.715. The quantitative estimate of drug-likeness (QED) is 0.0821. The molecule has 3 aliphatic rings. The van der Waals surface area contributed by atoms with Gasteiger partial charge in [-0.1, -0.05) is 11.6 Å². The van der Waals surface area contributed by atoms with Crippen LogP contribution in [-0.2, 0) is 35.1 Å². The number of aromatic nitrogens is 1. The molecule has 14 nitrogen and oxygen atoms in total. The third kappa shape index (κ3) is 8.39. The minimum Gasteiger partial charge on any atom is -0.497 e. The van der Waals surface area contributed by atoms with Crippen molar-refractivity contribution >= 4 is 52.0 Å². The molecular weight excluding hydrogens is 832 g/mol. The monoisotopic (exact) mass is 878 g/mol. The fourth-order valence-electron chi connectivity index (χ4n) is 9.05. The van der Waals surface area contributed by atoms with E-state index in [9.17, 15) is 24.0 Å². The molecule has 3 heterocycles. The lowest BCUT2D eigenvalue weighted by atomic mass is 9.66. The molecule has 1 N–H and O–H groups in total. The number of amides is 1. The summed E-state index contributed by atoms with van der Waals surface area (Å²) >= 11 is 6.06. The summed E-state index contributed by atoms with van der Waals surface area (Å²) < 4.78 is 41.6. The zero-order valence-corrected chi connectivity index (χ0v) is 36.3. The number of nitrogens with zero attached hydrogens (tertiary/aromatic N) is 1. The first-order valence-electron chi connectivity index (χ1n) is 20.7. The lowest BCUT2D eigenvalue weighted by molar-refractivity contribution is -0.155. The average Bonchev–Trinajstić information content (AvgIpc) is 3.98. The SMILES string of the molecule is COc1ccc2c(c1)c(CC(=O)CCCNC(=O)CCC(=O)O[C@@H]1c3cc4c(cc3[C@H](c3cc(OC)c(C)c(OC)c3)[C@@H]3C(=O)OCC13)OCO4)c(C)n2C(=O)c1ccc(Cl)cc1. The van der Waals surface area contributed by atoms with Crippen molar-refractivity contribution < 1.29 is 57.1 Å². The number of ether oxygens (including phenoxy) is 7. The first kappa shape index (κ1) is 43.1. The summed E-state index contributed by atoms with van der Waals surface area (Å²) in [6.45, 7) is 3.96. The third-order valence-corrected chi connectivity index (χ3v) is 12.5. The number of rotatable bonds is 15. The van der Waals surface area contributed by atoms with Gasteiger partial charge in [0.2, 0.25) is 12.7 Å². The highest BCUT2D eigenvalue weighted by Gasteiger charge is 2.54. The highest BCUT2D eigenvalue weighted by Crippen LogP contribution is 2.56. The second-order valence-corrected chi connectivity index (χ2v) is 16.3. The number of carbonyl (C=O) groups excluding carboxylic acids is 5. The summed E-state index contributed by atoms with van der Waals surface area (Å²) in [6.07, 6.45) is -0.612. The topological polar surface area (TPSA) is 167 Å². The van der Waals surface area contributed by atoms with Gasteiger partial charge in [-0.3, -0.25) is 28.5 Å². The van der Waals surface area contributed by atoms with Crippen LogP contribution in [-0.4, -0.2) is 75.4 Å². The van der Waals surface area contributed by atoms with E-state index < -0.39 is 35.8 Å². The number of methoxy groups -OCH3 is 3. The van der Waals surface area contributed by atoms with E-state index in [2.05, 4.69) is 5.32 Å². The Hall–Kier alpha value is -6.54. The van der Waals surface area contributed by atoms with Crippen molar-refractivity contribution in [3.05, 3.63) is 111 Å². The number of halogens is 1. The molecule has 0 radical (unpaired) electrons. The van der Waals surface area contributed by atoms with Crippen LogP contribution in [0.4, 0.5) is 0 Å². The van der Waals surface area contributed by atoms with Crippen LogP contribution >= 0.6 is 11.6 Å². The van der Waals surface area contributed by atoms with Gasteiger partial charge in [0.1, 0.15) is 29.1 Å². The molecule has 1 saturated heterocycles. The standard InChI is InChI=1S/C48H47ClN2O12/c1-25-38(58-4)17-28(18-39(25)59-5)44-34-21-40-41(62-24-61-40)22-35(34)46(36-23-60-48(56)45(36)44)63-43(54)15-14-42(53)50-16-6-7-30(52)19-32-26(2)51(37-13-12-31(57-3)20-33(32)37)47(55)27-8-10-29(49)11-9-27/h8-13,17-18,20-22,36,44-46H,6-7,14-16,19,23-24H2,1-5H3,(H,50,53)/t36?,44-,45+,46+/m0/s1. The van der Waals surface area contributed by atoms with E-state index >= 15 is 0 Å². The second-order valence-electron chi connectivity index (χ2n) is 15.9. The molecule has 1 aliphatic carbocycles. The summed E-state index contributed by atoms with van der Waals surface area (Å²) in [5, 5.41) is 4.05. The number of fused-ring (bicyclic) bond motifs is 4. The number of hydrogen-bond acceptors (Lipinski definition) is 12. The molecule has 2 aliphatic heterocycles. The van der Waals surface area contributed by atoms with Crippen molar-refractivity contribution in [1.82, 2.24) is 9.88 Å². The number of benzene rings is 4. The number of nitrogens with one attached hydrogen (secondary N) is 1. The highest BCUT2D eigenvalue weighted by atomic mass is 35.5. The van der Waals surface area contributed by atoms with E-state index in [1.807, 2.05) is 38.1 Å². The molecule has 0 bridgehead atoms. The first-order chi connectivity index (χ1) is 30.4. The fourth-order valence-corrected chi connectivity index (χ4v) is 9.17. The number of hydrogen-bond donors (Lipinski definition) is 1. The molecule has 4 aromatic carbocycles. The molecule has 328 valence electrons. The number of Topliss-reactive ketones (excluding diaryl/α,β-unsaturated/α-hetero) is 1. The van der Waals surface area contributed by atoms with Crippen LogP contribution in [0.5, 0.6) is 28.7 Å². The third-order valence-electron chi connectivity index (χ3n) is 12.2. The molecule has 1 amide bonds. The van der Waals surface area contributed by atoms with Crippen LogP contribution in [0, 0.1) is 25.7 Å². The molecule has 0 spiro atoms. The number of ketones is 1. The molecule has 8 rings (SSSR count). The number of cyclic esters (lactones) is 1. The normalized spacial score (nSPS) is 18.3. The van der Waals surface area contributed by atoms with Crippen LogP contribution in [0.3, 0.4) is 0 Å². The number of esters is 2. The Balaban J connectivity index is 0.899. The van der Waals surface area contributed by atoms with Gasteiger partial charge in [-0.2, -0.15) is 0 Å². The molecular formula is C48H47ClN2O12. The van der Waals surface area contributed by atoms with Gasteiger partial charge >= 0.3 is 11.9 Å². The Morgan fingerprint density at radius 1 is 0.825 bits per heavy atom. The van der Waals surface area contributed by atoms with E-state index in [0.29, 0.717) is 68.1 Å². The molecule has 63 heavy (non-hydrogen) atoms. The molecule has 0 saturated carbocycles. The largest absolute Gasteiger partial charge is 0.497 e. The minimum atomic E-state index is -0.868. The van der Waals surface area contributed by atoms with Crippen LogP contribution in [0.2, 0.25) is 5.02 Å². The Morgan fingerprint density at radius 3 is 2.21 bits per heavy atom. The maximum Gasteiger partial charge on any atom is 0.310 e. The van der Waals surface area contributed by atoms with E-state index in [0.717, 1.165) is 22.1 Å².